The zero-order valence-corrected chi connectivity index (χ0v) is 17.6. The Labute approximate surface area is 189 Å². The molecule has 1 aliphatic rings. The average molecular weight is 447 g/mol. The molecule has 1 aromatic heterocycles. The molecule has 7 nitrogen and oxygen atoms in total. The van der Waals surface area contributed by atoms with Crippen molar-refractivity contribution < 1.29 is 23.9 Å². The van der Waals surface area contributed by atoms with E-state index in [0.717, 1.165) is 0 Å². The second kappa shape index (κ2) is 9.60. The zero-order valence-electron chi connectivity index (χ0n) is 17.6. The number of carboxylic acid groups (broad SMARTS) is 1. The highest BCUT2D eigenvalue weighted by atomic mass is 19.1. The lowest BCUT2D eigenvalue weighted by atomic mass is 9.90. The summed E-state index contributed by atoms with van der Waals surface area (Å²) in [6.45, 7) is 0. The van der Waals surface area contributed by atoms with E-state index >= 15 is 0 Å². The minimum atomic E-state index is -0.955. The van der Waals surface area contributed by atoms with Gasteiger partial charge in [-0.2, -0.15) is 0 Å². The summed E-state index contributed by atoms with van der Waals surface area (Å²) < 4.78 is 14.6. The van der Waals surface area contributed by atoms with Crippen molar-refractivity contribution in [3.63, 3.8) is 0 Å². The van der Waals surface area contributed by atoms with E-state index in [1.165, 1.54) is 24.4 Å². The van der Waals surface area contributed by atoms with Gasteiger partial charge >= 0.3 is 12.0 Å². The van der Waals surface area contributed by atoms with Crippen LogP contribution in [-0.2, 0) is 4.79 Å². The van der Waals surface area contributed by atoms with Gasteiger partial charge in [0, 0.05) is 23.4 Å². The summed E-state index contributed by atoms with van der Waals surface area (Å²) in [6.07, 6.45) is 3.19. The molecule has 2 atom stereocenters. The van der Waals surface area contributed by atoms with Gasteiger partial charge in [0.15, 0.2) is 5.78 Å². The van der Waals surface area contributed by atoms with E-state index < -0.39 is 29.7 Å². The van der Waals surface area contributed by atoms with Crippen LogP contribution in [0.4, 0.5) is 20.6 Å². The maximum Gasteiger partial charge on any atom is 0.323 e. The molecule has 4 rings (SSSR count). The van der Waals surface area contributed by atoms with Gasteiger partial charge in [-0.05, 0) is 48.7 Å². The van der Waals surface area contributed by atoms with Gasteiger partial charge in [-0.3, -0.25) is 14.6 Å². The van der Waals surface area contributed by atoms with E-state index in [9.17, 15) is 23.9 Å². The minimum Gasteiger partial charge on any atom is -0.481 e. The molecule has 3 aromatic rings. The third kappa shape index (κ3) is 5.06. The lowest BCUT2D eigenvalue weighted by Crippen LogP contribution is -2.25. The smallest absolute Gasteiger partial charge is 0.323 e. The number of aliphatic carboxylic acids is 1. The van der Waals surface area contributed by atoms with Crippen LogP contribution < -0.4 is 10.6 Å². The first-order valence-electron chi connectivity index (χ1n) is 10.6. The van der Waals surface area contributed by atoms with Crippen LogP contribution in [0.2, 0.25) is 0 Å². The molecule has 33 heavy (non-hydrogen) atoms. The zero-order chi connectivity index (χ0) is 23.4. The quantitative estimate of drug-likeness (QED) is 0.449. The molecular formula is C25H22FN3O4. The fraction of sp³-hybridized carbons (Fsp3) is 0.200. The Bertz CT molecular complexity index is 1180. The highest BCUT2D eigenvalue weighted by molar-refractivity contribution is 6.00. The summed E-state index contributed by atoms with van der Waals surface area (Å²) in [4.78, 5) is 40.4. The second-order valence-electron chi connectivity index (χ2n) is 7.92. The monoisotopic (exact) mass is 447 g/mol. The fourth-order valence-corrected chi connectivity index (χ4v) is 4.07. The molecule has 0 unspecified atom stereocenters. The molecule has 2 amide bonds. The van der Waals surface area contributed by atoms with Crippen molar-refractivity contribution >= 4 is 29.2 Å². The van der Waals surface area contributed by atoms with Crippen molar-refractivity contribution in [3.8, 4) is 11.1 Å². The number of carbonyl (C=O) groups is 3. The van der Waals surface area contributed by atoms with E-state index in [-0.39, 0.29) is 17.2 Å². The first-order chi connectivity index (χ1) is 15.9. The summed E-state index contributed by atoms with van der Waals surface area (Å²) in [5.74, 6) is -3.09. The van der Waals surface area contributed by atoms with Crippen LogP contribution in [0, 0.1) is 17.7 Å². The number of hydrogen-bond donors (Lipinski definition) is 3. The highest BCUT2D eigenvalue weighted by Gasteiger charge is 2.38. The van der Waals surface area contributed by atoms with Gasteiger partial charge in [-0.15, -0.1) is 0 Å². The van der Waals surface area contributed by atoms with E-state index in [1.54, 1.807) is 36.4 Å². The van der Waals surface area contributed by atoms with Crippen molar-refractivity contribution in [1.82, 2.24) is 4.98 Å². The number of halogens is 1. The number of para-hydroxylation sites is 1. The summed E-state index contributed by atoms with van der Waals surface area (Å²) >= 11 is 0. The van der Waals surface area contributed by atoms with Crippen LogP contribution in [0.3, 0.4) is 0 Å². The number of carbonyl (C=O) groups excluding carboxylic acids is 2. The third-order valence-electron chi connectivity index (χ3n) is 5.77. The SMILES string of the molecule is O=C(Nc1ccccc1)Nc1ccc(-c2ccc(C(=O)[C@H]3CCC[C@@H]3C(=O)O)nc2)cc1F. The number of rotatable bonds is 6. The number of nitrogens with zero attached hydrogens (tertiary/aromatic N) is 1. The van der Waals surface area contributed by atoms with E-state index in [1.807, 2.05) is 6.07 Å². The van der Waals surface area contributed by atoms with Crippen molar-refractivity contribution in [2.45, 2.75) is 19.3 Å². The molecule has 3 N–H and O–H groups in total. The number of urea groups is 1. The molecular weight excluding hydrogens is 425 g/mol. The molecule has 168 valence electrons. The van der Waals surface area contributed by atoms with Gasteiger partial charge in [0.05, 0.1) is 11.6 Å². The predicted octanol–water partition coefficient (Wildman–Crippen LogP) is 5.22. The van der Waals surface area contributed by atoms with Gasteiger partial charge in [0.1, 0.15) is 11.5 Å². The van der Waals surface area contributed by atoms with Gasteiger partial charge < -0.3 is 15.7 Å². The second-order valence-corrected chi connectivity index (χ2v) is 7.92. The van der Waals surface area contributed by atoms with Crippen LogP contribution in [0.5, 0.6) is 0 Å². The van der Waals surface area contributed by atoms with E-state index in [4.69, 9.17) is 0 Å². The molecule has 1 aliphatic carbocycles. The fourth-order valence-electron chi connectivity index (χ4n) is 4.07. The predicted molar refractivity (Wildman–Crippen MR) is 122 cm³/mol. The number of amides is 2. The number of pyridine rings is 1. The Morgan fingerprint density at radius 1 is 0.909 bits per heavy atom. The number of ketones is 1. The normalized spacial score (nSPS) is 17.4. The topological polar surface area (TPSA) is 108 Å². The number of nitrogens with one attached hydrogen (secondary N) is 2. The van der Waals surface area contributed by atoms with E-state index in [2.05, 4.69) is 15.6 Å². The van der Waals surface area contributed by atoms with E-state index in [0.29, 0.717) is 36.1 Å². The molecule has 2 aromatic carbocycles. The maximum absolute atomic E-state index is 14.6. The minimum absolute atomic E-state index is 0.0212. The summed E-state index contributed by atoms with van der Waals surface area (Å²) in [5, 5.41) is 14.4. The van der Waals surface area contributed by atoms with Crippen LogP contribution in [-0.4, -0.2) is 27.9 Å². The number of aromatic nitrogens is 1. The standard InChI is InChI=1S/C25H22FN3O4/c26-20-13-15(9-11-21(20)29-25(33)28-17-5-2-1-3-6-17)16-10-12-22(27-14-16)23(30)18-7-4-8-19(18)24(31)32/h1-3,5-6,9-14,18-19H,4,7-8H2,(H,31,32)(H2,28,29,33)/t18-,19-/m0/s1. The maximum atomic E-state index is 14.6. The highest BCUT2D eigenvalue weighted by Crippen LogP contribution is 2.34. The average Bonchev–Trinajstić information content (AvgIpc) is 3.31. The van der Waals surface area contributed by atoms with Crippen molar-refractivity contribution in [2.75, 3.05) is 10.6 Å². The van der Waals surface area contributed by atoms with Crippen LogP contribution in [0.15, 0.2) is 66.9 Å². The van der Waals surface area contributed by atoms with Gasteiger partial charge in [-0.25, -0.2) is 9.18 Å². The summed E-state index contributed by atoms with van der Waals surface area (Å²) in [7, 11) is 0. The largest absolute Gasteiger partial charge is 0.481 e. The van der Waals surface area contributed by atoms with Crippen LogP contribution >= 0.6 is 0 Å². The number of benzene rings is 2. The number of carboxylic acids is 1. The van der Waals surface area contributed by atoms with Gasteiger partial charge in [0.25, 0.3) is 0 Å². The van der Waals surface area contributed by atoms with Crippen molar-refractivity contribution in [3.05, 3.63) is 78.4 Å². The van der Waals surface area contributed by atoms with Crippen molar-refractivity contribution in [1.29, 1.82) is 0 Å². The molecule has 0 radical (unpaired) electrons. The Hall–Kier alpha value is -4.07. The van der Waals surface area contributed by atoms with Gasteiger partial charge in [0.2, 0.25) is 0 Å². The molecule has 0 bridgehead atoms. The van der Waals surface area contributed by atoms with Crippen LogP contribution in [0.25, 0.3) is 11.1 Å². The lowest BCUT2D eigenvalue weighted by Gasteiger charge is -2.14. The van der Waals surface area contributed by atoms with Crippen molar-refractivity contribution in [2.24, 2.45) is 11.8 Å². The molecule has 8 heteroatoms. The Balaban J connectivity index is 1.44. The number of hydrogen-bond acceptors (Lipinski definition) is 4. The third-order valence-corrected chi connectivity index (χ3v) is 5.77. The molecule has 0 aliphatic heterocycles. The molecule has 0 saturated heterocycles. The number of anilines is 2. The Morgan fingerprint density at radius 3 is 2.30 bits per heavy atom. The summed E-state index contributed by atoms with van der Waals surface area (Å²) in [5.41, 5.74) is 1.92. The van der Waals surface area contributed by atoms with Gasteiger partial charge in [-0.1, -0.05) is 36.8 Å². The number of Topliss-reactive ketones (excluding diaryl/α,β-unsaturated/α-hetero) is 1. The summed E-state index contributed by atoms with van der Waals surface area (Å²) in [6, 6.07) is 15.8. The molecule has 1 fully saturated rings. The lowest BCUT2D eigenvalue weighted by molar-refractivity contribution is -0.142. The molecule has 1 saturated carbocycles. The Morgan fingerprint density at radius 2 is 1.64 bits per heavy atom. The molecule has 1 heterocycles. The van der Waals surface area contributed by atoms with Crippen LogP contribution in [0.1, 0.15) is 29.8 Å². The first-order valence-corrected chi connectivity index (χ1v) is 10.6. The Kier molecular flexibility index (Phi) is 6.44. The first kappa shape index (κ1) is 22.1. The molecule has 0 spiro atoms.